The van der Waals surface area contributed by atoms with Crippen LogP contribution < -0.4 is 0 Å². The summed E-state index contributed by atoms with van der Waals surface area (Å²) in [6, 6.07) is 11.8. The number of nitrogens with zero attached hydrogens (tertiary/aromatic N) is 2. The van der Waals surface area contributed by atoms with E-state index in [0.717, 1.165) is 6.07 Å². The Morgan fingerprint density at radius 1 is 1.12 bits per heavy atom. The summed E-state index contributed by atoms with van der Waals surface area (Å²) >= 11 is 0. The molecule has 3 aromatic rings. The zero-order chi connectivity index (χ0) is 18.2. The van der Waals surface area contributed by atoms with Crippen molar-refractivity contribution in [1.29, 1.82) is 0 Å². The van der Waals surface area contributed by atoms with E-state index in [0.29, 0.717) is 16.9 Å². The third-order valence-corrected chi connectivity index (χ3v) is 3.77. The van der Waals surface area contributed by atoms with Crippen LogP contribution in [-0.4, -0.2) is 20.9 Å². The molecule has 0 bridgehead atoms. The summed E-state index contributed by atoms with van der Waals surface area (Å²) in [5, 5.41) is 13.4. The van der Waals surface area contributed by atoms with Crippen LogP contribution in [0.2, 0.25) is 0 Å². The third kappa shape index (κ3) is 3.40. The van der Waals surface area contributed by atoms with Gasteiger partial charge in [-0.05, 0) is 48.9 Å². The number of carbonyl (C=O) groups is 1. The van der Waals surface area contributed by atoms with Crippen LogP contribution in [0.5, 0.6) is 0 Å². The van der Waals surface area contributed by atoms with Gasteiger partial charge < -0.3 is 5.11 Å². The molecule has 0 aliphatic rings. The van der Waals surface area contributed by atoms with E-state index < -0.39 is 17.7 Å². The highest BCUT2D eigenvalue weighted by Gasteiger charge is 2.32. The van der Waals surface area contributed by atoms with Gasteiger partial charge >= 0.3 is 12.1 Å². The maximum absolute atomic E-state index is 12.8. The number of aromatic nitrogens is 2. The number of hydrogen-bond acceptors (Lipinski definition) is 2. The quantitative estimate of drug-likeness (QED) is 0.756. The Balaban J connectivity index is 1.96. The standard InChI is InChI=1S/C18H13F3N2O2/c1-11-9-14(5-6-15(11)18(19,20)21)23-8-7-16(22-23)12-3-2-4-13(10-12)17(24)25/h2-10H,1H3,(H,24,25). The number of rotatable bonds is 3. The summed E-state index contributed by atoms with van der Waals surface area (Å²) in [4.78, 5) is 11.0. The zero-order valence-corrected chi connectivity index (χ0v) is 13.1. The molecule has 3 rings (SSSR count). The van der Waals surface area contributed by atoms with Gasteiger partial charge in [0, 0.05) is 11.8 Å². The highest BCUT2D eigenvalue weighted by molar-refractivity contribution is 5.89. The molecule has 0 saturated heterocycles. The lowest BCUT2D eigenvalue weighted by Crippen LogP contribution is -2.08. The van der Waals surface area contributed by atoms with Gasteiger partial charge in [-0.3, -0.25) is 0 Å². The molecule has 7 heteroatoms. The topological polar surface area (TPSA) is 55.1 Å². The van der Waals surface area contributed by atoms with E-state index in [4.69, 9.17) is 5.11 Å². The first kappa shape index (κ1) is 16.8. The number of aromatic carboxylic acids is 1. The van der Waals surface area contributed by atoms with Crippen molar-refractivity contribution in [3.63, 3.8) is 0 Å². The van der Waals surface area contributed by atoms with Gasteiger partial charge in [-0.1, -0.05) is 12.1 Å². The van der Waals surface area contributed by atoms with Crippen LogP contribution in [0.1, 0.15) is 21.5 Å². The largest absolute Gasteiger partial charge is 0.478 e. The zero-order valence-electron chi connectivity index (χ0n) is 13.1. The van der Waals surface area contributed by atoms with Crippen molar-refractivity contribution >= 4 is 5.97 Å². The van der Waals surface area contributed by atoms with Crippen molar-refractivity contribution in [2.24, 2.45) is 0 Å². The summed E-state index contributed by atoms with van der Waals surface area (Å²) in [6.07, 6.45) is -2.78. The first-order chi connectivity index (χ1) is 11.8. The Hall–Kier alpha value is -3.09. The highest BCUT2D eigenvalue weighted by Crippen LogP contribution is 2.32. The number of hydrogen-bond donors (Lipinski definition) is 1. The van der Waals surface area contributed by atoms with Crippen molar-refractivity contribution in [3.8, 4) is 16.9 Å². The first-order valence-corrected chi connectivity index (χ1v) is 7.33. The normalized spacial score (nSPS) is 11.5. The molecule has 0 aliphatic heterocycles. The van der Waals surface area contributed by atoms with E-state index in [1.54, 1.807) is 24.4 Å². The van der Waals surface area contributed by atoms with E-state index >= 15 is 0 Å². The van der Waals surface area contributed by atoms with Crippen molar-refractivity contribution in [2.45, 2.75) is 13.1 Å². The average molecular weight is 346 g/mol. The molecule has 1 aromatic heterocycles. The van der Waals surface area contributed by atoms with Crippen molar-refractivity contribution in [1.82, 2.24) is 9.78 Å². The second-order valence-electron chi connectivity index (χ2n) is 5.53. The average Bonchev–Trinajstić information content (AvgIpc) is 3.03. The maximum atomic E-state index is 12.8. The predicted octanol–water partition coefficient (Wildman–Crippen LogP) is 4.56. The molecule has 0 fully saturated rings. The Morgan fingerprint density at radius 2 is 1.88 bits per heavy atom. The van der Waals surface area contributed by atoms with Gasteiger partial charge in [-0.25, -0.2) is 9.48 Å². The van der Waals surface area contributed by atoms with Crippen LogP contribution >= 0.6 is 0 Å². The fourth-order valence-electron chi connectivity index (χ4n) is 2.54. The van der Waals surface area contributed by atoms with Gasteiger partial charge in [0.15, 0.2) is 0 Å². The van der Waals surface area contributed by atoms with Gasteiger partial charge in [-0.15, -0.1) is 0 Å². The fraction of sp³-hybridized carbons (Fsp3) is 0.111. The Labute approximate surface area is 141 Å². The molecule has 128 valence electrons. The Kier molecular flexibility index (Phi) is 4.08. The third-order valence-electron chi connectivity index (χ3n) is 3.77. The molecular weight excluding hydrogens is 333 g/mol. The van der Waals surface area contributed by atoms with Crippen LogP contribution in [0.25, 0.3) is 16.9 Å². The van der Waals surface area contributed by atoms with E-state index in [1.165, 1.54) is 35.9 Å². The number of carboxylic acids is 1. The molecule has 1 heterocycles. The number of alkyl halides is 3. The minimum absolute atomic E-state index is 0.106. The molecule has 25 heavy (non-hydrogen) atoms. The van der Waals surface area contributed by atoms with Gasteiger partial charge in [0.1, 0.15) is 0 Å². The van der Waals surface area contributed by atoms with Gasteiger partial charge in [0.25, 0.3) is 0 Å². The second kappa shape index (κ2) is 6.08. The number of benzene rings is 2. The summed E-state index contributed by atoms with van der Waals surface area (Å²) in [6.45, 7) is 1.40. The van der Waals surface area contributed by atoms with Crippen molar-refractivity contribution in [2.75, 3.05) is 0 Å². The van der Waals surface area contributed by atoms with E-state index in [-0.39, 0.29) is 11.1 Å². The van der Waals surface area contributed by atoms with Crippen LogP contribution in [0.4, 0.5) is 13.2 Å². The van der Waals surface area contributed by atoms with E-state index in [9.17, 15) is 18.0 Å². The SMILES string of the molecule is Cc1cc(-n2ccc(-c3cccc(C(=O)O)c3)n2)ccc1C(F)(F)F. The molecule has 0 unspecified atom stereocenters. The molecule has 0 spiro atoms. The number of halogens is 3. The lowest BCUT2D eigenvalue weighted by molar-refractivity contribution is -0.138. The summed E-state index contributed by atoms with van der Waals surface area (Å²) < 4.78 is 40.0. The van der Waals surface area contributed by atoms with E-state index in [2.05, 4.69) is 5.10 Å². The van der Waals surface area contributed by atoms with Gasteiger partial charge in [-0.2, -0.15) is 18.3 Å². The Morgan fingerprint density at radius 3 is 2.52 bits per heavy atom. The molecule has 0 atom stereocenters. The smallest absolute Gasteiger partial charge is 0.416 e. The second-order valence-corrected chi connectivity index (χ2v) is 5.53. The summed E-state index contributed by atoms with van der Waals surface area (Å²) in [7, 11) is 0. The molecule has 0 saturated carbocycles. The lowest BCUT2D eigenvalue weighted by atomic mass is 10.1. The molecule has 1 N–H and O–H groups in total. The Bertz CT molecular complexity index is 945. The van der Waals surface area contributed by atoms with Crippen molar-refractivity contribution < 1.29 is 23.1 Å². The molecule has 0 amide bonds. The van der Waals surface area contributed by atoms with Crippen LogP contribution in [0, 0.1) is 6.92 Å². The minimum atomic E-state index is -4.39. The van der Waals surface area contributed by atoms with Crippen molar-refractivity contribution in [3.05, 3.63) is 71.4 Å². The molecule has 0 radical (unpaired) electrons. The van der Waals surface area contributed by atoms with Crippen LogP contribution in [-0.2, 0) is 6.18 Å². The number of carboxylic acid groups (broad SMARTS) is 1. The molecule has 2 aromatic carbocycles. The van der Waals surface area contributed by atoms with Crippen LogP contribution in [0.3, 0.4) is 0 Å². The van der Waals surface area contributed by atoms with Crippen LogP contribution in [0.15, 0.2) is 54.7 Å². The van der Waals surface area contributed by atoms with Gasteiger partial charge in [0.05, 0.1) is 22.5 Å². The summed E-state index contributed by atoms with van der Waals surface area (Å²) in [5.41, 5.74) is 1.19. The fourth-order valence-corrected chi connectivity index (χ4v) is 2.54. The first-order valence-electron chi connectivity index (χ1n) is 7.33. The molecule has 4 nitrogen and oxygen atoms in total. The predicted molar refractivity (Wildman–Crippen MR) is 85.7 cm³/mol. The molecule has 0 aliphatic carbocycles. The highest BCUT2D eigenvalue weighted by atomic mass is 19.4. The lowest BCUT2D eigenvalue weighted by Gasteiger charge is -2.11. The number of aryl methyl sites for hydroxylation is 1. The van der Waals surface area contributed by atoms with E-state index in [1.807, 2.05) is 0 Å². The summed E-state index contributed by atoms with van der Waals surface area (Å²) in [5.74, 6) is -1.04. The minimum Gasteiger partial charge on any atom is -0.478 e. The van der Waals surface area contributed by atoms with Gasteiger partial charge in [0.2, 0.25) is 0 Å². The molecular formula is C18H13F3N2O2. The monoisotopic (exact) mass is 346 g/mol. The maximum Gasteiger partial charge on any atom is 0.416 e.